The Hall–Kier alpha value is -1.06. The van der Waals surface area contributed by atoms with Gasteiger partial charge in [0.15, 0.2) is 5.90 Å². The van der Waals surface area contributed by atoms with Crippen molar-refractivity contribution in [3.8, 4) is 0 Å². The summed E-state index contributed by atoms with van der Waals surface area (Å²) in [5.74, 6) is 1.47. The van der Waals surface area contributed by atoms with Gasteiger partial charge in [0.05, 0.1) is 6.04 Å². The molecule has 3 atom stereocenters. The second kappa shape index (κ2) is 5.51. The van der Waals surface area contributed by atoms with Gasteiger partial charge in [-0.1, -0.05) is 23.7 Å². The SMILES string of the molecule is NCC1CCC2OC(Cc3cccc(Cl)c3)=NC2C1. The lowest BCUT2D eigenvalue weighted by Crippen LogP contribution is -2.33. The normalized spacial score (nSPS) is 29.6. The lowest BCUT2D eigenvalue weighted by molar-refractivity contribution is 0.127. The van der Waals surface area contributed by atoms with Gasteiger partial charge in [-0.15, -0.1) is 0 Å². The highest BCUT2D eigenvalue weighted by molar-refractivity contribution is 6.30. The van der Waals surface area contributed by atoms with E-state index >= 15 is 0 Å². The molecular weight excluding hydrogens is 260 g/mol. The molecule has 102 valence electrons. The summed E-state index contributed by atoms with van der Waals surface area (Å²) in [4.78, 5) is 4.73. The van der Waals surface area contributed by atoms with Crippen LogP contribution in [0.5, 0.6) is 0 Å². The molecule has 0 saturated heterocycles. The second-order valence-corrected chi connectivity index (χ2v) is 5.90. The number of aliphatic imine (C=N–C) groups is 1. The summed E-state index contributed by atoms with van der Waals surface area (Å²) in [6.07, 6.45) is 4.32. The molecule has 0 spiro atoms. The number of nitrogens with zero attached hydrogens (tertiary/aromatic N) is 1. The third-order valence-corrected chi connectivity index (χ3v) is 4.27. The smallest absolute Gasteiger partial charge is 0.188 e. The minimum Gasteiger partial charge on any atom is -0.475 e. The first kappa shape index (κ1) is 12.9. The Morgan fingerprint density at radius 1 is 1.37 bits per heavy atom. The third-order valence-electron chi connectivity index (χ3n) is 4.04. The molecule has 0 aromatic heterocycles. The lowest BCUT2D eigenvalue weighted by atomic mass is 9.84. The number of hydrogen-bond donors (Lipinski definition) is 1. The van der Waals surface area contributed by atoms with Gasteiger partial charge >= 0.3 is 0 Å². The third kappa shape index (κ3) is 2.93. The Balaban J connectivity index is 1.67. The number of rotatable bonds is 3. The monoisotopic (exact) mass is 278 g/mol. The Morgan fingerprint density at radius 2 is 2.26 bits per heavy atom. The molecule has 1 aliphatic carbocycles. The standard InChI is InChI=1S/C15H19ClN2O/c16-12-3-1-2-10(6-12)8-15-18-13-7-11(9-17)4-5-14(13)19-15/h1-3,6,11,13-14H,4-5,7-9,17H2. The molecule has 3 rings (SSSR count). The van der Waals surface area contributed by atoms with Crippen molar-refractivity contribution in [2.24, 2.45) is 16.6 Å². The first-order chi connectivity index (χ1) is 9.24. The average molecular weight is 279 g/mol. The van der Waals surface area contributed by atoms with Gasteiger partial charge in [-0.25, -0.2) is 4.99 Å². The summed E-state index contributed by atoms with van der Waals surface area (Å²) in [6, 6.07) is 8.19. The fourth-order valence-corrected chi connectivity index (χ4v) is 3.20. The molecule has 0 radical (unpaired) electrons. The van der Waals surface area contributed by atoms with Gasteiger partial charge in [0.25, 0.3) is 0 Å². The van der Waals surface area contributed by atoms with Gasteiger partial charge in [-0.05, 0) is 49.4 Å². The Kier molecular flexibility index (Phi) is 3.76. The number of halogens is 1. The highest BCUT2D eigenvalue weighted by Gasteiger charge is 2.36. The van der Waals surface area contributed by atoms with E-state index in [1.807, 2.05) is 18.2 Å². The predicted octanol–water partition coefficient (Wildman–Crippen LogP) is 2.81. The number of benzene rings is 1. The minimum atomic E-state index is 0.275. The first-order valence-corrected chi connectivity index (χ1v) is 7.30. The van der Waals surface area contributed by atoms with Crippen LogP contribution in [0.15, 0.2) is 29.3 Å². The molecular formula is C15H19ClN2O. The molecule has 19 heavy (non-hydrogen) atoms. The maximum absolute atomic E-state index is 6.00. The van der Waals surface area contributed by atoms with Crippen molar-refractivity contribution in [1.29, 1.82) is 0 Å². The molecule has 0 amide bonds. The topological polar surface area (TPSA) is 47.6 Å². The van der Waals surface area contributed by atoms with E-state index in [1.165, 1.54) is 0 Å². The van der Waals surface area contributed by atoms with Gasteiger partial charge in [0, 0.05) is 11.4 Å². The molecule has 1 heterocycles. The van der Waals surface area contributed by atoms with Crippen LogP contribution in [0, 0.1) is 5.92 Å². The van der Waals surface area contributed by atoms with E-state index in [1.54, 1.807) is 0 Å². The van der Waals surface area contributed by atoms with Crippen molar-refractivity contribution in [2.45, 2.75) is 37.8 Å². The second-order valence-electron chi connectivity index (χ2n) is 5.47. The van der Waals surface area contributed by atoms with Gasteiger partial charge in [-0.3, -0.25) is 0 Å². The van der Waals surface area contributed by atoms with Crippen LogP contribution < -0.4 is 5.73 Å². The number of ether oxygens (including phenoxy) is 1. The van der Waals surface area contributed by atoms with Crippen LogP contribution in [0.25, 0.3) is 0 Å². The molecule has 1 aliphatic heterocycles. The summed E-state index contributed by atoms with van der Waals surface area (Å²) in [6.45, 7) is 0.766. The molecule has 3 unspecified atom stereocenters. The summed E-state index contributed by atoms with van der Waals surface area (Å²) < 4.78 is 5.97. The Labute approximate surface area is 118 Å². The molecule has 4 heteroatoms. The molecule has 1 aromatic carbocycles. The molecule has 2 aliphatic rings. The number of hydrogen-bond acceptors (Lipinski definition) is 3. The van der Waals surface area contributed by atoms with E-state index in [2.05, 4.69) is 6.07 Å². The zero-order chi connectivity index (χ0) is 13.2. The number of nitrogens with two attached hydrogens (primary N) is 1. The molecule has 2 N–H and O–H groups in total. The highest BCUT2D eigenvalue weighted by atomic mass is 35.5. The highest BCUT2D eigenvalue weighted by Crippen LogP contribution is 2.32. The van der Waals surface area contributed by atoms with Crippen LogP contribution in [0.4, 0.5) is 0 Å². The Morgan fingerprint density at radius 3 is 3.05 bits per heavy atom. The summed E-state index contributed by atoms with van der Waals surface area (Å²) in [5, 5.41) is 0.761. The van der Waals surface area contributed by atoms with Crippen molar-refractivity contribution in [2.75, 3.05) is 6.54 Å². The summed E-state index contributed by atoms with van der Waals surface area (Å²) >= 11 is 6.00. The van der Waals surface area contributed by atoms with Crippen LogP contribution in [0.2, 0.25) is 5.02 Å². The van der Waals surface area contributed by atoms with E-state index < -0.39 is 0 Å². The van der Waals surface area contributed by atoms with Gasteiger partial charge < -0.3 is 10.5 Å². The quantitative estimate of drug-likeness (QED) is 0.924. The fourth-order valence-electron chi connectivity index (χ4n) is 2.99. The van der Waals surface area contributed by atoms with Crippen LogP contribution in [0.1, 0.15) is 24.8 Å². The van der Waals surface area contributed by atoms with E-state index in [9.17, 15) is 0 Å². The van der Waals surface area contributed by atoms with E-state index in [0.717, 1.165) is 48.7 Å². The lowest BCUT2D eigenvalue weighted by Gasteiger charge is -2.28. The van der Waals surface area contributed by atoms with Crippen LogP contribution in [-0.4, -0.2) is 24.6 Å². The first-order valence-electron chi connectivity index (χ1n) is 6.92. The maximum Gasteiger partial charge on any atom is 0.188 e. The molecule has 1 aromatic rings. The van der Waals surface area contributed by atoms with Crippen LogP contribution in [0.3, 0.4) is 0 Å². The van der Waals surface area contributed by atoms with Crippen molar-refractivity contribution < 1.29 is 4.74 Å². The Bertz CT molecular complexity index is 489. The van der Waals surface area contributed by atoms with Crippen LogP contribution in [-0.2, 0) is 11.2 Å². The van der Waals surface area contributed by atoms with Gasteiger partial charge in [-0.2, -0.15) is 0 Å². The van der Waals surface area contributed by atoms with Crippen molar-refractivity contribution in [3.05, 3.63) is 34.9 Å². The van der Waals surface area contributed by atoms with Crippen molar-refractivity contribution in [1.82, 2.24) is 0 Å². The van der Waals surface area contributed by atoms with Gasteiger partial charge in [0.2, 0.25) is 0 Å². The molecule has 1 fully saturated rings. The van der Waals surface area contributed by atoms with E-state index in [0.29, 0.717) is 12.0 Å². The largest absolute Gasteiger partial charge is 0.475 e. The molecule has 1 saturated carbocycles. The minimum absolute atomic E-state index is 0.275. The van der Waals surface area contributed by atoms with Gasteiger partial charge in [0.1, 0.15) is 6.10 Å². The van der Waals surface area contributed by atoms with E-state index in [4.69, 9.17) is 27.1 Å². The zero-order valence-corrected chi connectivity index (χ0v) is 11.6. The molecule has 0 bridgehead atoms. The van der Waals surface area contributed by atoms with Crippen molar-refractivity contribution >= 4 is 17.5 Å². The predicted molar refractivity (Wildman–Crippen MR) is 77.6 cm³/mol. The van der Waals surface area contributed by atoms with E-state index in [-0.39, 0.29) is 6.10 Å². The fraction of sp³-hybridized carbons (Fsp3) is 0.533. The van der Waals surface area contributed by atoms with Crippen LogP contribution >= 0.6 is 11.6 Å². The summed E-state index contributed by atoms with van der Waals surface area (Å²) in [7, 11) is 0. The molecule has 3 nitrogen and oxygen atoms in total. The maximum atomic E-state index is 6.00. The summed E-state index contributed by atoms with van der Waals surface area (Å²) in [5.41, 5.74) is 6.91. The van der Waals surface area contributed by atoms with Crippen molar-refractivity contribution in [3.63, 3.8) is 0 Å². The zero-order valence-electron chi connectivity index (χ0n) is 10.9. The number of fused-ring (bicyclic) bond motifs is 1. The average Bonchev–Trinajstić information content (AvgIpc) is 2.79.